The molecular weight excluding hydrogens is 464 g/mol. The average molecular weight is 497 g/mol. The zero-order chi connectivity index (χ0) is 25.7. The lowest BCUT2D eigenvalue weighted by molar-refractivity contribution is 0.201. The van der Waals surface area contributed by atoms with Crippen molar-refractivity contribution in [3.8, 4) is 28.0 Å². The van der Waals surface area contributed by atoms with Crippen molar-refractivity contribution in [3.05, 3.63) is 89.5 Å². The summed E-state index contributed by atoms with van der Waals surface area (Å²) in [5.41, 5.74) is 2.61. The van der Waals surface area contributed by atoms with E-state index in [0.717, 1.165) is 24.8 Å². The summed E-state index contributed by atoms with van der Waals surface area (Å²) < 4.78 is 64.5. The molecule has 0 saturated heterocycles. The molecule has 2 atom stereocenters. The summed E-state index contributed by atoms with van der Waals surface area (Å²) in [6.45, 7) is 4.11. The van der Waals surface area contributed by atoms with Gasteiger partial charge in [-0.3, -0.25) is 0 Å². The van der Waals surface area contributed by atoms with Gasteiger partial charge in [0.1, 0.15) is 17.4 Å². The van der Waals surface area contributed by atoms with E-state index in [1.165, 1.54) is 0 Å². The minimum atomic E-state index is -0.914. The number of hydrogen-bond acceptors (Lipinski definition) is 1. The van der Waals surface area contributed by atoms with E-state index in [4.69, 9.17) is 4.74 Å². The van der Waals surface area contributed by atoms with Crippen molar-refractivity contribution in [3.63, 3.8) is 0 Å². The normalized spacial score (nSPS) is 17.9. The average Bonchev–Trinajstić information content (AvgIpc) is 2.91. The Balaban J connectivity index is 1.43. The zero-order valence-electron chi connectivity index (χ0n) is 20.8. The molecule has 1 aliphatic rings. The van der Waals surface area contributed by atoms with Crippen molar-refractivity contribution in [2.75, 3.05) is 6.61 Å². The smallest absolute Gasteiger partial charge is 0.167 e. The first-order valence-corrected chi connectivity index (χ1v) is 12.8. The predicted molar refractivity (Wildman–Crippen MR) is 137 cm³/mol. The monoisotopic (exact) mass is 496 g/mol. The first-order chi connectivity index (χ1) is 17.4. The van der Waals surface area contributed by atoms with Crippen LogP contribution in [0.3, 0.4) is 0 Å². The van der Waals surface area contributed by atoms with E-state index >= 15 is 0 Å². The molecule has 0 amide bonds. The molecule has 3 aromatic rings. The summed E-state index contributed by atoms with van der Waals surface area (Å²) >= 11 is 0. The fourth-order valence-electron chi connectivity index (χ4n) is 4.77. The number of unbranched alkanes of at least 4 members (excludes halogenated alkanes) is 1. The fraction of sp³-hybridized carbons (Fsp3) is 0.355. The van der Waals surface area contributed by atoms with Crippen molar-refractivity contribution in [2.24, 2.45) is 11.8 Å². The highest BCUT2D eigenvalue weighted by Gasteiger charge is 2.31. The molecule has 0 N–H and O–H groups in total. The maximum Gasteiger partial charge on any atom is 0.167 e. The van der Waals surface area contributed by atoms with Crippen LogP contribution >= 0.6 is 0 Å². The Morgan fingerprint density at radius 1 is 0.694 bits per heavy atom. The number of ether oxygens (including phenoxy) is 1. The lowest BCUT2D eigenvalue weighted by Gasteiger charge is -2.26. The topological polar surface area (TPSA) is 9.23 Å². The Kier molecular flexibility index (Phi) is 8.50. The lowest BCUT2D eigenvalue weighted by Crippen LogP contribution is -2.21. The van der Waals surface area contributed by atoms with Gasteiger partial charge in [0.25, 0.3) is 0 Å². The van der Waals surface area contributed by atoms with Crippen LogP contribution in [0.15, 0.2) is 72.3 Å². The predicted octanol–water partition coefficient (Wildman–Crippen LogP) is 9.61. The van der Waals surface area contributed by atoms with Gasteiger partial charge < -0.3 is 4.74 Å². The third-order valence-electron chi connectivity index (χ3n) is 7.09. The van der Waals surface area contributed by atoms with Gasteiger partial charge in [-0.1, -0.05) is 75.2 Å². The van der Waals surface area contributed by atoms with Crippen LogP contribution < -0.4 is 4.74 Å². The highest BCUT2D eigenvalue weighted by molar-refractivity contribution is 5.72. The number of hydrogen-bond donors (Lipinski definition) is 0. The quantitative estimate of drug-likeness (QED) is 0.268. The Labute approximate surface area is 210 Å². The molecule has 36 heavy (non-hydrogen) atoms. The second kappa shape index (κ2) is 11.8. The van der Waals surface area contributed by atoms with Gasteiger partial charge in [0.15, 0.2) is 11.6 Å². The van der Waals surface area contributed by atoms with Crippen molar-refractivity contribution in [1.29, 1.82) is 0 Å². The van der Waals surface area contributed by atoms with Gasteiger partial charge in [-0.25, -0.2) is 17.6 Å². The first kappa shape index (κ1) is 26.0. The van der Waals surface area contributed by atoms with Gasteiger partial charge in [-0.15, -0.1) is 0 Å². The third-order valence-corrected chi connectivity index (χ3v) is 7.09. The fourth-order valence-corrected chi connectivity index (χ4v) is 4.77. The Bertz CT molecular complexity index is 1200. The van der Waals surface area contributed by atoms with E-state index in [1.807, 2.05) is 26.0 Å². The summed E-state index contributed by atoms with van der Waals surface area (Å²) in [4.78, 5) is 0. The van der Waals surface area contributed by atoms with Crippen LogP contribution in [0.25, 0.3) is 22.3 Å². The Morgan fingerprint density at radius 2 is 1.22 bits per heavy atom. The SMILES string of the molecule is CCCCC1CCC(COc2ccc(-c3ccc(-c4ccc(CC)cc4)c(F)c3F)cc2)C(F)=C1F. The van der Waals surface area contributed by atoms with Crippen LogP contribution in [0.1, 0.15) is 51.5 Å². The number of aryl methyl sites for hydroxylation is 1. The molecule has 190 valence electrons. The van der Waals surface area contributed by atoms with Gasteiger partial charge in [-0.05, 0) is 54.5 Å². The molecule has 0 aromatic heterocycles. The summed E-state index contributed by atoms with van der Waals surface area (Å²) in [7, 11) is 0. The molecule has 4 rings (SSSR count). The molecule has 2 unspecified atom stereocenters. The van der Waals surface area contributed by atoms with Crippen LogP contribution in [-0.4, -0.2) is 6.61 Å². The second-order valence-corrected chi connectivity index (χ2v) is 9.48. The minimum absolute atomic E-state index is 0.0353. The maximum atomic E-state index is 15.0. The molecule has 1 aliphatic carbocycles. The molecule has 0 spiro atoms. The zero-order valence-corrected chi connectivity index (χ0v) is 20.8. The van der Waals surface area contributed by atoms with Gasteiger partial charge in [-0.2, -0.15) is 0 Å². The van der Waals surface area contributed by atoms with Crippen LogP contribution in [0.2, 0.25) is 0 Å². The van der Waals surface area contributed by atoms with Crippen molar-refractivity contribution in [1.82, 2.24) is 0 Å². The Morgan fingerprint density at radius 3 is 1.78 bits per heavy atom. The van der Waals surface area contributed by atoms with Crippen LogP contribution in [0.5, 0.6) is 5.75 Å². The second-order valence-electron chi connectivity index (χ2n) is 9.48. The Hall–Kier alpha value is -3.08. The summed E-state index contributed by atoms with van der Waals surface area (Å²) in [5.74, 6) is -3.58. The van der Waals surface area contributed by atoms with Gasteiger partial charge in [0.05, 0.1) is 6.61 Å². The minimum Gasteiger partial charge on any atom is -0.493 e. The van der Waals surface area contributed by atoms with E-state index in [9.17, 15) is 17.6 Å². The van der Waals surface area contributed by atoms with E-state index in [-0.39, 0.29) is 23.7 Å². The molecule has 0 fully saturated rings. The molecule has 0 bridgehead atoms. The van der Waals surface area contributed by atoms with Crippen molar-refractivity contribution >= 4 is 0 Å². The van der Waals surface area contributed by atoms with Gasteiger partial charge >= 0.3 is 0 Å². The largest absolute Gasteiger partial charge is 0.493 e. The molecule has 0 aliphatic heterocycles. The van der Waals surface area contributed by atoms with Crippen LogP contribution in [-0.2, 0) is 6.42 Å². The summed E-state index contributed by atoms with van der Waals surface area (Å²) in [6, 6.07) is 17.1. The van der Waals surface area contributed by atoms with E-state index in [2.05, 4.69) is 0 Å². The van der Waals surface area contributed by atoms with Crippen LogP contribution in [0.4, 0.5) is 17.6 Å². The number of benzene rings is 3. The van der Waals surface area contributed by atoms with Crippen molar-refractivity contribution in [2.45, 2.75) is 52.4 Å². The number of allylic oxidation sites excluding steroid dienone is 1. The van der Waals surface area contributed by atoms with Gasteiger partial charge in [0.2, 0.25) is 0 Å². The number of rotatable bonds is 9. The summed E-state index contributed by atoms with van der Waals surface area (Å²) in [5, 5.41) is 0. The standard InChI is InChI=1S/C31H32F4O/c1-3-5-6-23-11-12-24(29(33)28(23)32)19-36-25-15-13-22(14-16-25)27-18-17-26(30(34)31(27)35)21-9-7-20(4-2)8-10-21/h7-10,13-18,23-24H,3-6,11-12,19H2,1-2H3. The first-order valence-electron chi connectivity index (χ1n) is 12.8. The highest BCUT2D eigenvalue weighted by atomic mass is 19.2. The highest BCUT2D eigenvalue weighted by Crippen LogP contribution is 2.39. The third kappa shape index (κ3) is 5.66. The lowest BCUT2D eigenvalue weighted by atomic mass is 9.84. The maximum absolute atomic E-state index is 15.0. The van der Waals surface area contributed by atoms with Crippen LogP contribution in [0, 0.1) is 23.5 Å². The molecule has 5 heteroatoms. The molecular formula is C31H32F4O. The van der Waals surface area contributed by atoms with Gasteiger partial charge in [0, 0.05) is 23.0 Å². The molecule has 0 radical (unpaired) electrons. The molecule has 0 saturated carbocycles. The van der Waals surface area contributed by atoms with Crippen molar-refractivity contribution < 1.29 is 22.3 Å². The molecule has 0 heterocycles. The number of halogens is 4. The molecule has 3 aromatic carbocycles. The molecule has 1 nitrogen and oxygen atoms in total. The van der Waals surface area contributed by atoms with E-state index in [1.54, 1.807) is 48.5 Å². The van der Waals surface area contributed by atoms with E-state index in [0.29, 0.717) is 36.1 Å². The summed E-state index contributed by atoms with van der Waals surface area (Å²) in [6.07, 6.45) is 4.56. The van der Waals surface area contributed by atoms with E-state index < -0.39 is 29.2 Å².